The first-order chi connectivity index (χ1) is 5.33. The van der Waals surface area contributed by atoms with Gasteiger partial charge in [-0.15, -0.1) is 5.06 Å². The zero-order valence-corrected chi connectivity index (χ0v) is 6.82. The van der Waals surface area contributed by atoms with E-state index in [-0.39, 0.29) is 0 Å². The first-order valence-electron chi connectivity index (χ1n) is 3.62. The molecule has 1 heterocycles. The van der Waals surface area contributed by atoms with Crippen LogP contribution in [0.3, 0.4) is 0 Å². The smallest absolute Gasteiger partial charge is 0.165 e. The van der Waals surface area contributed by atoms with Crippen LogP contribution >= 0.6 is 0 Å². The lowest BCUT2D eigenvalue weighted by Gasteiger charge is -2.14. The summed E-state index contributed by atoms with van der Waals surface area (Å²) in [5.41, 5.74) is 0. The fourth-order valence-corrected chi connectivity index (χ4v) is 0.646. The van der Waals surface area contributed by atoms with Gasteiger partial charge in [0.1, 0.15) is 0 Å². The van der Waals surface area contributed by atoms with Crippen molar-refractivity contribution in [3.05, 3.63) is 24.5 Å². The maximum absolute atomic E-state index is 5.33. The average Bonchev–Trinajstić information content (AvgIpc) is 2.06. The van der Waals surface area contributed by atoms with Gasteiger partial charge in [-0.1, -0.05) is 0 Å². The predicted octanol–water partition coefficient (Wildman–Crippen LogP) is 1.33. The molecule has 3 heteroatoms. The molecule has 11 heavy (non-hydrogen) atoms. The molecule has 1 rings (SSSR count). The summed E-state index contributed by atoms with van der Waals surface area (Å²) in [6, 6.07) is 3.72. The lowest BCUT2D eigenvalue weighted by atomic mass is 10.5. The SMILES string of the molecule is CCN(C)Oc1cccnc1. The van der Waals surface area contributed by atoms with Gasteiger partial charge in [-0.25, -0.2) is 0 Å². The lowest BCUT2D eigenvalue weighted by molar-refractivity contribution is -0.0266. The average molecular weight is 152 g/mol. The topological polar surface area (TPSA) is 25.4 Å². The lowest BCUT2D eigenvalue weighted by Crippen LogP contribution is -2.21. The molecule has 0 aliphatic heterocycles. The van der Waals surface area contributed by atoms with Gasteiger partial charge in [-0.2, -0.15) is 0 Å². The second kappa shape index (κ2) is 3.93. The van der Waals surface area contributed by atoms with Crippen molar-refractivity contribution in [3.8, 4) is 5.75 Å². The summed E-state index contributed by atoms with van der Waals surface area (Å²) in [7, 11) is 1.88. The number of nitrogens with zero attached hydrogens (tertiary/aromatic N) is 2. The van der Waals surface area contributed by atoms with Gasteiger partial charge < -0.3 is 4.84 Å². The van der Waals surface area contributed by atoms with Crippen molar-refractivity contribution in [2.24, 2.45) is 0 Å². The van der Waals surface area contributed by atoms with E-state index in [0.29, 0.717) is 0 Å². The molecule has 1 aromatic rings. The minimum absolute atomic E-state index is 0.775. The molecule has 0 aliphatic rings. The van der Waals surface area contributed by atoms with E-state index in [4.69, 9.17) is 4.84 Å². The molecule has 0 fully saturated rings. The molecule has 0 bridgehead atoms. The van der Waals surface area contributed by atoms with Crippen molar-refractivity contribution in [3.63, 3.8) is 0 Å². The number of aromatic nitrogens is 1. The molecule has 0 aliphatic carbocycles. The zero-order valence-electron chi connectivity index (χ0n) is 6.82. The molecule has 0 atom stereocenters. The largest absolute Gasteiger partial charge is 0.405 e. The second-order valence-electron chi connectivity index (χ2n) is 2.22. The van der Waals surface area contributed by atoms with Crippen LogP contribution in [0.25, 0.3) is 0 Å². The van der Waals surface area contributed by atoms with Crippen LogP contribution in [0.1, 0.15) is 6.92 Å². The highest BCUT2D eigenvalue weighted by Gasteiger charge is 1.95. The summed E-state index contributed by atoms with van der Waals surface area (Å²) in [6.07, 6.45) is 3.41. The Labute approximate surface area is 66.6 Å². The third kappa shape index (κ3) is 2.55. The summed E-state index contributed by atoms with van der Waals surface area (Å²) in [4.78, 5) is 9.25. The highest BCUT2D eigenvalue weighted by molar-refractivity contribution is 5.14. The van der Waals surface area contributed by atoms with E-state index >= 15 is 0 Å². The molecule has 60 valence electrons. The third-order valence-corrected chi connectivity index (χ3v) is 1.34. The van der Waals surface area contributed by atoms with Gasteiger partial charge >= 0.3 is 0 Å². The van der Waals surface area contributed by atoms with Crippen molar-refractivity contribution in [1.82, 2.24) is 10.0 Å². The van der Waals surface area contributed by atoms with Gasteiger partial charge in [0.2, 0.25) is 0 Å². The van der Waals surface area contributed by atoms with Crippen molar-refractivity contribution in [2.75, 3.05) is 13.6 Å². The third-order valence-electron chi connectivity index (χ3n) is 1.34. The molecule has 0 radical (unpaired) electrons. The molecule has 0 aromatic carbocycles. The number of hydroxylamine groups is 2. The van der Waals surface area contributed by atoms with Crippen LogP contribution in [0.2, 0.25) is 0 Å². The van der Waals surface area contributed by atoms with Gasteiger partial charge in [0.25, 0.3) is 0 Å². The maximum atomic E-state index is 5.33. The minimum atomic E-state index is 0.775. The van der Waals surface area contributed by atoms with E-state index in [0.717, 1.165) is 12.3 Å². The Balaban J connectivity index is 2.51. The Morgan fingerprint density at radius 3 is 3.00 bits per heavy atom. The molecule has 0 spiro atoms. The molecule has 0 saturated carbocycles. The number of hydrogen-bond acceptors (Lipinski definition) is 3. The molecule has 3 nitrogen and oxygen atoms in total. The Morgan fingerprint density at radius 1 is 1.64 bits per heavy atom. The summed E-state index contributed by atoms with van der Waals surface area (Å²) in [6.45, 7) is 2.88. The Hall–Kier alpha value is -1.09. The van der Waals surface area contributed by atoms with Crippen LogP contribution in [-0.2, 0) is 0 Å². The molecular weight excluding hydrogens is 140 g/mol. The Morgan fingerprint density at radius 2 is 2.45 bits per heavy atom. The summed E-state index contributed by atoms with van der Waals surface area (Å²) < 4.78 is 0. The molecule has 0 saturated heterocycles. The van der Waals surface area contributed by atoms with Crippen LogP contribution in [0.15, 0.2) is 24.5 Å². The Bertz CT molecular complexity index is 201. The van der Waals surface area contributed by atoms with E-state index in [1.165, 1.54) is 0 Å². The second-order valence-corrected chi connectivity index (χ2v) is 2.22. The molecule has 0 amide bonds. The maximum Gasteiger partial charge on any atom is 0.165 e. The van der Waals surface area contributed by atoms with Crippen LogP contribution in [0, 0.1) is 0 Å². The van der Waals surface area contributed by atoms with E-state index in [2.05, 4.69) is 4.98 Å². The highest BCUT2D eigenvalue weighted by atomic mass is 16.7. The van der Waals surface area contributed by atoms with E-state index < -0.39 is 0 Å². The standard InChI is InChI=1S/C8H12N2O/c1-3-10(2)11-8-5-4-6-9-7-8/h4-7H,3H2,1-2H3. The van der Waals surface area contributed by atoms with Crippen molar-refractivity contribution >= 4 is 0 Å². The molecular formula is C8H12N2O. The van der Waals surface area contributed by atoms with Gasteiger partial charge in [-0.05, 0) is 19.1 Å². The number of pyridine rings is 1. The molecule has 0 unspecified atom stereocenters. The van der Waals surface area contributed by atoms with E-state index in [1.807, 2.05) is 26.1 Å². The molecule has 1 aromatic heterocycles. The first kappa shape index (κ1) is 8.01. The van der Waals surface area contributed by atoms with Crippen molar-refractivity contribution in [1.29, 1.82) is 0 Å². The fraction of sp³-hybridized carbons (Fsp3) is 0.375. The monoisotopic (exact) mass is 152 g/mol. The Kier molecular flexibility index (Phi) is 2.86. The zero-order chi connectivity index (χ0) is 8.10. The summed E-state index contributed by atoms with van der Waals surface area (Å²) >= 11 is 0. The van der Waals surface area contributed by atoms with Crippen molar-refractivity contribution in [2.45, 2.75) is 6.92 Å². The fourth-order valence-electron chi connectivity index (χ4n) is 0.646. The predicted molar refractivity (Wildman–Crippen MR) is 43.2 cm³/mol. The minimum Gasteiger partial charge on any atom is -0.405 e. The van der Waals surface area contributed by atoms with Crippen LogP contribution in [0.5, 0.6) is 5.75 Å². The first-order valence-corrected chi connectivity index (χ1v) is 3.62. The van der Waals surface area contributed by atoms with Crippen molar-refractivity contribution < 1.29 is 4.84 Å². The van der Waals surface area contributed by atoms with Crippen LogP contribution in [-0.4, -0.2) is 23.6 Å². The van der Waals surface area contributed by atoms with Crippen LogP contribution in [0.4, 0.5) is 0 Å². The number of rotatable bonds is 3. The normalized spacial score (nSPS) is 10.1. The highest BCUT2D eigenvalue weighted by Crippen LogP contribution is 2.06. The van der Waals surface area contributed by atoms with Gasteiger partial charge in [0.15, 0.2) is 5.75 Å². The molecule has 0 N–H and O–H groups in total. The van der Waals surface area contributed by atoms with Gasteiger partial charge in [-0.3, -0.25) is 4.98 Å². The quantitative estimate of drug-likeness (QED) is 0.611. The summed E-state index contributed by atoms with van der Waals surface area (Å²) in [5, 5.41) is 1.75. The van der Waals surface area contributed by atoms with Crippen LogP contribution < -0.4 is 4.84 Å². The van der Waals surface area contributed by atoms with Gasteiger partial charge in [0, 0.05) is 19.8 Å². The number of hydrogen-bond donors (Lipinski definition) is 0. The van der Waals surface area contributed by atoms with E-state index in [9.17, 15) is 0 Å². The summed E-state index contributed by atoms with van der Waals surface area (Å²) in [5.74, 6) is 0.775. The van der Waals surface area contributed by atoms with Gasteiger partial charge in [0.05, 0.1) is 6.20 Å². The van der Waals surface area contributed by atoms with E-state index in [1.54, 1.807) is 17.5 Å².